The van der Waals surface area contributed by atoms with Gasteiger partial charge in [0.2, 0.25) is 0 Å². The SMILES string of the molecule is C=CC1CCC(C2CCC(C(c3ccc(CC)cc3)(c3ccc(CC)cc3)C3CCCCC3)CC2)CC1.CCCCCC1CCC(c2ccc(-c3ccc(C(c4ccc(CC)cc4)(c4ccc(CC)cc4)C4CCCCC4)cc3)c(F)c2F)CC1.CCCc1ccc(-c2ccc(-c3ccc(C(c4ccc(CC)cc4)(c4ccc(CC)cc4)C4CCCCC4)cc3)cc2F)cc1. The standard InChI is InChI=1S/C46H56F2.C44H47F.C37H52/c1-4-7-9-12-35-15-21-36(22-16-35)42-31-32-43(45(48)44(42)47)37-23-29-41(30-24-37)46(38-13-10-8-11-14-38,39-25-17-33(5-2)18-26-39)40-27-19-34(6-3)20-28-40;1-4-10-34-13-19-36(20-14-34)42-30-23-37(31-43(42)45)35-21-28-41(29-22-35)44(38-11-8-7-9-12-38,39-24-15-32(5-2)16-25-39)40-26-17-33(6-3)18-27-40;1-4-28-12-18-31(19-13-28)32-20-26-36(27-21-32)37(33-10-8-7-9-11-33,34-22-14-29(5-2)15-23-34)35-24-16-30(6-3)17-25-35/h17-20,23-32,35-36,38H,4-16,21-22H2,1-3H3;13-31,38H,4-12H2,1-3H3;4,14-17,22-25,28,31-33,36H,1,5-13,18-21,26-27H2,2-3H3. The Morgan fingerprint density at radius 3 is 0.992 bits per heavy atom. The molecular weight excluding hydrogens is 1580 g/mol. The van der Waals surface area contributed by atoms with Crippen molar-refractivity contribution in [2.45, 2.75) is 328 Å². The van der Waals surface area contributed by atoms with Gasteiger partial charge in [-0.2, -0.15) is 0 Å². The van der Waals surface area contributed by atoms with Crippen LogP contribution in [0.5, 0.6) is 0 Å². The van der Waals surface area contributed by atoms with Gasteiger partial charge in [-0.15, -0.1) is 6.58 Å². The lowest BCUT2D eigenvalue weighted by molar-refractivity contribution is 0.0897. The molecule has 6 saturated carbocycles. The first-order valence-corrected chi connectivity index (χ1v) is 52.5. The first-order chi connectivity index (χ1) is 63.7. The van der Waals surface area contributed by atoms with E-state index in [2.05, 4.69) is 268 Å². The number of hydrogen-bond acceptors (Lipinski definition) is 0. The molecule has 0 bridgehead atoms. The van der Waals surface area contributed by atoms with Crippen LogP contribution in [0.4, 0.5) is 13.2 Å². The highest BCUT2D eigenvalue weighted by Gasteiger charge is 2.51. The summed E-state index contributed by atoms with van der Waals surface area (Å²) in [6, 6.07) is 92.6. The van der Waals surface area contributed by atoms with Crippen molar-refractivity contribution in [3.05, 3.63) is 368 Å². The molecule has 130 heavy (non-hydrogen) atoms. The number of allylic oxidation sites excluding steroid dienone is 1. The van der Waals surface area contributed by atoms with E-state index in [9.17, 15) is 0 Å². The second kappa shape index (κ2) is 46.1. The zero-order valence-corrected chi connectivity index (χ0v) is 80.9. The van der Waals surface area contributed by atoms with E-state index in [1.165, 1.54) is 246 Å². The average molecular weight is 1740 g/mol. The van der Waals surface area contributed by atoms with E-state index in [0.29, 0.717) is 28.5 Å². The quantitative estimate of drug-likeness (QED) is 0.0239. The molecule has 684 valence electrons. The van der Waals surface area contributed by atoms with Crippen molar-refractivity contribution in [1.29, 1.82) is 0 Å². The van der Waals surface area contributed by atoms with Gasteiger partial charge in [-0.3, -0.25) is 0 Å². The average Bonchev–Trinajstić information content (AvgIpc) is 0.738. The van der Waals surface area contributed by atoms with Crippen LogP contribution in [0.3, 0.4) is 0 Å². The molecule has 0 aliphatic heterocycles. The van der Waals surface area contributed by atoms with Gasteiger partial charge in [-0.1, -0.05) is 394 Å². The van der Waals surface area contributed by atoms with E-state index in [0.717, 1.165) is 135 Å². The molecule has 6 aliphatic rings. The lowest BCUT2D eigenvalue weighted by atomic mass is 9.52. The van der Waals surface area contributed by atoms with Crippen LogP contribution >= 0.6 is 0 Å². The third-order valence-corrected chi connectivity index (χ3v) is 33.6. The Bertz CT molecular complexity index is 5120. The van der Waals surface area contributed by atoms with Crippen LogP contribution in [0.25, 0.3) is 33.4 Å². The highest BCUT2D eigenvalue weighted by molar-refractivity contribution is 5.73. The second-order valence-corrected chi connectivity index (χ2v) is 40.7. The van der Waals surface area contributed by atoms with Crippen molar-refractivity contribution in [3.63, 3.8) is 0 Å². The summed E-state index contributed by atoms with van der Waals surface area (Å²) in [6.07, 6.45) is 50.9. The third-order valence-electron chi connectivity index (χ3n) is 33.6. The van der Waals surface area contributed by atoms with Gasteiger partial charge >= 0.3 is 0 Å². The molecule has 0 heterocycles. The van der Waals surface area contributed by atoms with Crippen LogP contribution in [0.1, 0.15) is 356 Å². The second-order valence-electron chi connectivity index (χ2n) is 40.7. The van der Waals surface area contributed by atoms with Crippen LogP contribution in [-0.2, 0) is 61.2 Å². The van der Waals surface area contributed by atoms with Crippen LogP contribution in [0, 0.1) is 64.8 Å². The molecule has 0 saturated heterocycles. The van der Waals surface area contributed by atoms with Crippen molar-refractivity contribution in [1.82, 2.24) is 0 Å². The summed E-state index contributed by atoms with van der Waals surface area (Å²) in [4.78, 5) is 0. The molecule has 6 fully saturated rings. The fourth-order valence-electron chi connectivity index (χ4n) is 25.9. The normalized spacial score (nSPS) is 19.7. The number of hydrogen-bond donors (Lipinski definition) is 0. The molecule has 0 nitrogen and oxygen atoms in total. The fourth-order valence-corrected chi connectivity index (χ4v) is 25.9. The van der Waals surface area contributed by atoms with Gasteiger partial charge < -0.3 is 0 Å². The first kappa shape index (κ1) is 95.6. The first-order valence-electron chi connectivity index (χ1n) is 52.5. The minimum absolute atomic E-state index is 0.118. The Morgan fingerprint density at radius 1 is 0.285 bits per heavy atom. The molecule has 0 aromatic heterocycles. The molecule has 0 amide bonds. The summed E-state index contributed by atoms with van der Waals surface area (Å²) in [6.45, 7) is 22.0. The molecule has 0 unspecified atom stereocenters. The Balaban J connectivity index is 0.000000151. The molecule has 0 N–H and O–H groups in total. The molecule has 0 spiro atoms. The topological polar surface area (TPSA) is 0 Å². The smallest absolute Gasteiger partial charge is 0.166 e. The number of aryl methyl sites for hydroxylation is 7. The van der Waals surface area contributed by atoms with Crippen LogP contribution in [0.2, 0.25) is 0 Å². The van der Waals surface area contributed by atoms with E-state index in [1.54, 1.807) is 17.2 Å². The molecule has 17 rings (SSSR count). The summed E-state index contributed by atoms with van der Waals surface area (Å²) in [5.41, 5.74) is 25.7. The largest absolute Gasteiger partial charge is 0.206 e. The monoisotopic (exact) mass is 1740 g/mol. The van der Waals surface area contributed by atoms with E-state index in [-0.39, 0.29) is 28.0 Å². The van der Waals surface area contributed by atoms with Gasteiger partial charge in [0, 0.05) is 27.4 Å². The van der Waals surface area contributed by atoms with E-state index >= 15 is 13.2 Å². The maximum absolute atomic E-state index is 15.9. The predicted octanol–water partition coefficient (Wildman–Crippen LogP) is 36.2. The molecule has 0 radical (unpaired) electrons. The number of rotatable bonds is 30. The summed E-state index contributed by atoms with van der Waals surface area (Å²) < 4.78 is 47.2. The van der Waals surface area contributed by atoms with Crippen molar-refractivity contribution >= 4 is 0 Å². The molecule has 6 aliphatic carbocycles. The predicted molar refractivity (Wildman–Crippen MR) is 548 cm³/mol. The number of halogens is 3. The van der Waals surface area contributed by atoms with Gasteiger partial charge in [0.15, 0.2) is 11.6 Å². The Labute approximate surface area is 784 Å². The van der Waals surface area contributed by atoms with Crippen LogP contribution in [0.15, 0.2) is 261 Å². The van der Waals surface area contributed by atoms with E-state index in [4.69, 9.17) is 0 Å². The zero-order chi connectivity index (χ0) is 90.4. The zero-order valence-electron chi connectivity index (χ0n) is 80.9. The lowest BCUT2D eigenvalue weighted by Gasteiger charge is -2.52. The van der Waals surface area contributed by atoms with Crippen molar-refractivity contribution in [2.75, 3.05) is 0 Å². The van der Waals surface area contributed by atoms with E-state index in [1.807, 2.05) is 42.5 Å². The maximum Gasteiger partial charge on any atom is 0.166 e. The maximum atomic E-state index is 15.9. The van der Waals surface area contributed by atoms with Crippen molar-refractivity contribution < 1.29 is 13.2 Å². The highest BCUT2D eigenvalue weighted by atomic mass is 19.2. The molecule has 3 heteroatoms. The van der Waals surface area contributed by atoms with Gasteiger partial charge in [-0.25, -0.2) is 13.2 Å². The number of unbranched alkanes of at least 4 members (excludes halogenated alkanes) is 2. The Kier molecular flexibility index (Phi) is 33.9. The molecule has 11 aromatic rings. The summed E-state index contributed by atoms with van der Waals surface area (Å²) in [7, 11) is 0. The van der Waals surface area contributed by atoms with Crippen molar-refractivity contribution in [3.8, 4) is 33.4 Å². The lowest BCUT2D eigenvalue weighted by Crippen LogP contribution is -2.46. The third kappa shape index (κ3) is 21.3. The van der Waals surface area contributed by atoms with Crippen molar-refractivity contribution in [2.24, 2.45) is 47.3 Å². The van der Waals surface area contributed by atoms with Crippen LogP contribution in [-0.4, -0.2) is 0 Å². The summed E-state index contributed by atoms with van der Waals surface area (Å²) in [5.74, 6) is 4.54. The Morgan fingerprint density at radius 2 is 0.615 bits per heavy atom. The summed E-state index contributed by atoms with van der Waals surface area (Å²) in [5, 5.41) is 0. The van der Waals surface area contributed by atoms with E-state index < -0.39 is 11.6 Å². The Hall–Kier alpha value is -9.05. The molecule has 11 aromatic carbocycles. The minimum Gasteiger partial charge on any atom is -0.206 e. The number of benzene rings is 11. The highest BCUT2D eigenvalue weighted by Crippen LogP contribution is 2.58. The van der Waals surface area contributed by atoms with Gasteiger partial charge in [0.25, 0.3) is 0 Å². The van der Waals surface area contributed by atoms with Gasteiger partial charge in [0.1, 0.15) is 5.82 Å². The van der Waals surface area contributed by atoms with Crippen LogP contribution < -0.4 is 0 Å². The molecular formula is C127H155F3. The van der Waals surface area contributed by atoms with Gasteiger partial charge in [-0.05, 0) is 331 Å². The fraction of sp³-hybridized carbons (Fsp3) is 0.465. The van der Waals surface area contributed by atoms with Gasteiger partial charge in [0.05, 0.1) is 0 Å². The molecule has 0 atom stereocenters. The summed E-state index contributed by atoms with van der Waals surface area (Å²) >= 11 is 0. The minimum atomic E-state index is -0.700.